The molecule has 1 atom stereocenters. The summed E-state index contributed by atoms with van der Waals surface area (Å²) in [6.45, 7) is 9.28. The smallest absolute Gasteiger partial charge is 0.225 e. The number of carbonyl (C=O) groups excluding carboxylic acids is 1. The molecular weight excluding hydrogens is 314 g/mol. The lowest BCUT2D eigenvalue weighted by atomic mass is 10.2. The van der Waals surface area contributed by atoms with Crippen LogP contribution in [0.4, 0.5) is 0 Å². The Labute approximate surface area is 150 Å². The van der Waals surface area contributed by atoms with Gasteiger partial charge < -0.3 is 14.2 Å². The van der Waals surface area contributed by atoms with Crippen LogP contribution in [0.1, 0.15) is 51.9 Å². The van der Waals surface area contributed by atoms with Gasteiger partial charge in [0.2, 0.25) is 5.91 Å². The second-order valence-corrected chi connectivity index (χ2v) is 7.17. The van der Waals surface area contributed by atoms with Gasteiger partial charge in [0.05, 0.1) is 30.1 Å². The molecule has 1 saturated heterocycles. The third-order valence-electron chi connectivity index (χ3n) is 4.78. The van der Waals surface area contributed by atoms with Crippen LogP contribution in [-0.4, -0.2) is 40.1 Å². The Balaban J connectivity index is 1.74. The van der Waals surface area contributed by atoms with Gasteiger partial charge in [0, 0.05) is 19.7 Å². The number of carbonyl (C=O) groups is 1. The maximum atomic E-state index is 12.7. The number of nitrogens with zero attached hydrogens (tertiary/aromatic N) is 3. The van der Waals surface area contributed by atoms with E-state index in [1.54, 1.807) is 0 Å². The molecule has 0 aliphatic carbocycles. The number of ether oxygens (including phenoxy) is 1. The Bertz CT molecular complexity index is 723. The largest absolute Gasteiger partial charge is 0.381 e. The zero-order valence-electron chi connectivity index (χ0n) is 15.6. The number of hydrogen-bond donors (Lipinski definition) is 0. The van der Waals surface area contributed by atoms with Crippen molar-refractivity contribution in [3.63, 3.8) is 0 Å². The molecule has 1 aromatic carbocycles. The van der Waals surface area contributed by atoms with Crippen LogP contribution in [0.2, 0.25) is 0 Å². The number of likely N-dealkylation sites (tertiary alicyclic amines) is 1. The Morgan fingerprint density at radius 3 is 2.92 bits per heavy atom. The van der Waals surface area contributed by atoms with Crippen LogP contribution in [0, 0.1) is 5.92 Å². The first-order valence-corrected chi connectivity index (χ1v) is 9.44. The summed E-state index contributed by atoms with van der Waals surface area (Å²) in [6.07, 6.45) is 2.48. The molecule has 2 aromatic rings. The summed E-state index contributed by atoms with van der Waals surface area (Å²) in [5.74, 6) is 1.71. The number of benzene rings is 1. The van der Waals surface area contributed by atoms with Gasteiger partial charge in [-0.25, -0.2) is 4.98 Å². The Kier molecular flexibility index (Phi) is 5.74. The van der Waals surface area contributed by atoms with E-state index in [9.17, 15) is 4.79 Å². The van der Waals surface area contributed by atoms with E-state index in [0.717, 1.165) is 42.8 Å². The van der Waals surface area contributed by atoms with Gasteiger partial charge in [-0.3, -0.25) is 4.79 Å². The number of imidazole rings is 1. The van der Waals surface area contributed by atoms with Gasteiger partial charge in [0.25, 0.3) is 0 Å². The summed E-state index contributed by atoms with van der Waals surface area (Å²) < 4.78 is 7.84. The van der Waals surface area contributed by atoms with Crippen molar-refractivity contribution in [2.24, 2.45) is 5.92 Å². The molecule has 0 N–H and O–H groups in total. The minimum atomic E-state index is 0.0879. The van der Waals surface area contributed by atoms with Gasteiger partial charge in [0.1, 0.15) is 5.82 Å². The third-order valence-corrected chi connectivity index (χ3v) is 4.78. The van der Waals surface area contributed by atoms with Gasteiger partial charge in [-0.15, -0.1) is 0 Å². The normalized spacial score (nSPS) is 17.8. The van der Waals surface area contributed by atoms with E-state index >= 15 is 0 Å². The number of para-hydroxylation sites is 2. The molecule has 5 heteroatoms. The molecule has 0 bridgehead atoms. The van der Waals surface area contributed by atoms with Crippen molar-refractivity contribution in [3.8, 4) is 0 Å². The molecule has 25 heavy (non-hydrogen) atoms. The van der Waals surface area contributed by atoms with Crippen molar-refractivity contribution in [2.45, 2.75) is 52.6 Å². The van der Waals surface area contributed by atoms with Crippen molar-refractivity contribution < 1.29 is 9.53 Å². The lowest BCUT2D eigenvalue weighted by molar-refractivity contribution is -0.133. The van der Waals surface area contributed by atoms with Crippen molar-refractivity contribution in [1.29, 1.82) is 0 Å². The Morgan fingerprint density at radius 2 is 2.16 bits per heavy atom. The summed E-state index contributed by atoms with van der Waals surface area (Å²) in [6, 6.07) is 8.30. The zero-order valence-corrected chi connectivity index (χ0v) is 15.6. The standard InChI is InChI=1S/C20H29N3O2/c1-4-22-17-9-6-5-8-16(17)21-20(22)18-10-7-12-23(18)19(24)11-13-25-14-15(2)3/h5-6,8-9,15,18H,4,7,10-14H2,1-3H3/t18-/m1/s1. The third kappa shape index (κ3) is 3.87. The molecule has 1 aromatic heterocycles. The molecule has 1 aliphatic heterocycles. The number of aromatic nitrogens is 2. The molecule has 2 heterocycles. The van der Waals surface area contributed by atoms with Crippen LogP contribution < -0.4 is 0 Å². The molecule has 3 rings (SSSR count). The van der Waals surface area contributed by atoms with Crippen LogP contribution in [0.15, 0.2) is 24.3 Å². The first-order chi connectivity index (χ1) is 12.1. The number of fused-ring (bicyclic) bond motifs is 1. The van der Waals surface area contributed by atoms with Crippen LogP contribution in [0.25, 0.3) is 11.0 Å². The van der Waals surface area contributed by atoms with Crippen molar-refractivity contribution >= 4 is 16.9 Å². The quantitative estimate of drug-likeness (QED) is 0.719. The fraction of sp³-hybridized carbons (Fsp3) is 0.600. The molecule has 1 aliphatic rings. The molecule has 0 radical (unpaired) electrons. The second kappa shape index (κ2) is 8.00. The minimum Gasteiger partial charge on any atom is -0.381 e. The van der Waals surface area contributed by atoms with Crippen molar-refractivity contribution in [3.05, 3.63) is 30.1 Å². The molecule has 1 amide bonds. The van der Waals surface area contributed by atoms with Gasteiger partial charge in [-0.2, -0.15) is 0 Å². The summed E-state index contributed by atoms with van der Waals surface area (Å²) in [5, 5.41) is 0. The highest BCUT2D eigenvalue weighted by Crippen LogP contribution is 2.33. The topological polar surface area (TPSA) is 47.4 Å². The van der Waals surface area contributed by atoms with Crippen LogP contribution >= 0.6 is 0 Å². The van der Waals surface area contributed by atoms with E-state index in [0.29, 0.717) is 25.6 Å². The highest BCUT2D eigenvalue weighted by Gasteiger charge is 2.33. The van der Waals surface area contributed by atoms with Gasteiger partial charge in [-0.1, -0.05) is 26.0 Å². The predicted octanol–water partition coefficient (Wildman–Crippen LogP) is 3.78. The fourth-order valence-corrected chi connectivity index (χ4v) is 3.64. The predicted molar refractivity (Wildman–Crippen MR) is 99.4 cm³/mol. The highest BCUT2D eigenvalue weighted by atomic mass is 16.5. The Hall–Kier alpha value is -1.88. The monoisotopic (exact) mass is 343 g/mol. The average Bonchev–Trinajstić information content (AvgIpc) is 3.21. The molecule has 5 nitrogen and oxygen atoms in total. The van der Waals surface area contributed by atoms with Crippen molar-refractivity contribution in [2.75, 3.05) is 19.8 Å². The van der Waals surface area contributed by atoms with E-state index in [1.165, 1.54) is 0 Å². The minimum absolute atomic E-state index is 0.0879. The average molecular weight is 343 g/mol. The van der Waals surface area contributed by atoms with Gasteiger partial charge in [0.15, 0.2) is 0 Å². The summed E-state index contributed by atoms with van der Waals surface area (Å²) in [7, 11) is 0. The zero-order chi connectivity index (χ0) is 17.8. The maximum absolute atomic E-state index is 12.7. The lowest BCUT2D eigenvalue weighted by Crippen LogP contribution is -2.32. The molecule has 136 valence electrons. The summed E-state index contributed by atoms with van der Waals surface area (Å²) in [4.78, 5) is 19.6. The van der Waals surface area contributed by atoms with Gasteiger partial charge >= 0.3 is 0 Å². The van der Waals surface area contributed by atoms with Crippen LogP contribution in [0.5, 0.6) is 0 Å². The number of amides is 1. The van der Waals surface area contributed by atoms with Gasteiger partial charge in [-0.05, 0) is 37.8 Å². The van der Waals surface area contributed by atoms with E-state index in [4.69, 9.17) is 9.72 Å². The summed E-state index contributed by atoms with van der Waals surface area (Å²) >= 11 is 0. The maximum Gasteiger partial charge on any atom is 0.225 e. The second-order valence-electron chi connectivity index (χ2n) is 7.17. The molecule has 0 saturated carbocycles. The van der Waals surface area contributed by atoms with E-state index in [2.05, 4.69) is 31.4 Å². The Morgan fingerprint density at radius 1 is 1.36 bits per heavy atom. The highest BCUT2D eigenvalue weighted by molar-refractivity contribution is 5.78. The molecular formula is C20H29N3O2. The SMILES string of the molecule is CCn1c([C@H]2CCCN2C(=O)CCOCC(C)C)nc2ccccc21. The number of hydrogen-bond acceptors (Lipinski definition) is 3. The lowest BCUT2D eigenvalue weighted by Gasteiger charge is -2.25. The molecule has 0 unspecified atom stereocenters. The first-order valence-electron chi connectivity index (χ1n) is 9.44. The van der Waals surface area contributed by atoms with E-state index in [1.807, 2.05) is 23.1 Å². The van der Waals surface area contributed by atoms with Crippen LogP contribution in [0.3, 0.4) is 0 Å². The van der Waals surface area contributed by atoms with E-state index < -0.39 is 0 Å². The van der Waals surface area contributed by atoms with Crippen LogP contribution in [-0.2, 0) is 16.1 Å². The van der Waals surface area contributed by atoms with E-state index in [-0.39, 0.29) is 11.9 Å². The molecule has 0 spiro atoms. The first kappa shape index (κ1) is 17.9. The molecule has 1 fully saturated rings. The number of rotatable bonds is 7. The number of aryl methyl sites for hydroxylation is 1. The fourth-order valence-electron chi connectivity index (χ4n) is 3.64. The van der Waals surface area contributed by atoms with Crippen molar-refractivity contribution in [1.82, 2.24) is 14.5 Å². The summed E-state index contributed by atoms with van der Waals surface area (Å²) in [5.41, 5.74) is 2.17.